The van der Waals surface area contributed by atoms with Crippen molar-refractivity contribution in [1.29, 1.82) is 0 Å². The second-order valence-corrected chi connectivity index (χ2v) is 3.78. The SMILES string of the molecule is COC(C)COc1c(F)cc(CCN)cc1F. The molecule has 0 saturated heterocycles. The summed E-state index contributed by atoms with van der Waals surface area (Å²) < 4.78 is 37.1. The first kappa shape index (κ1) is 13.9. The van der Waals surface area contributed by atoms with Gasteiger partial charge in [-0.2, -0.15) is 0 Å². The molecule has 0 saturated carbocycles. The molecule has 0 aliphatic carbocycles. The van der Waals surface area contributed by atoms with Crippen LogP contribution in [0.3, 0.4) is 0 Å². The van der Waals surface area contributed by atoms with Crippen LogP contribution in [-0.2, 0) is 11.2 Å². The van der Waals surface area contributed by atoms with Gasteiger partial charge in [0.15, 0.2) is 17.4 Å². The molecule has 0 fully saturated rings. The molecule has 1 aromatic carbocycles. The summed E-state index contributed by atoms with van der Waals surface area (Å²) in [7, 11) is 1.51. The molecule has 0 heterocycles. The van der Waals surface area contributed by atoms with Gasteiger partial charge in [0, 0.05) is 7.11 Å². The molecule has 2 N–H and O–H groups in total. The summed E-state index contributed by atoms with van der Waals surface area (Å²) in [5.41, 5.74) is 5.85. The number of hydrogen-bond donors (Lipinski definition) is 1. The molecule has 1 atom stereocenters. The standard InChI is InChI=1S/C12H17F2NO2/c1-8(16-2)7-17-12-10(13)5-9(3-4-15)6-11(12)14/h5-6,8H,3-4,7,15H2,1-2H3. The van der Waals surface area contributed by atoms with E-state index in [9.17, 15) is 8.78 Å². The summed E-state index contributed by atoms with van der Waals surface area (Å²) in [5, 5.41) is 0. The second kappa shape index (κ2) is 6.51. The van der Waals surface area contributed by atoms with E-state index in [4.69, 9.17) is 15.2 Å². The number of hydrogen-bond acceptors (Lipinski definition) is 3. The first-order valence-electron chi connectivity index (χ1n) is 5.42. The Morgan fingerprint density at radius 2 is 1.88 bits per heavy atom. The van der Waals surface area contributed by atoms with Crippen LogP contribution in [-0.4, -0.2) is 26.4 Å². The van der Waals surface area contributed by atoms with E-state index in [-0.39, 0.29) is 18.5 Å². The number of nitrogens with two attached hydrogens (primary N) is 1. The predicted molar refractivity (Wildman–Crippen MR) is 61.1 cm³/mol. The molecule has 5 heteroatoms. The Kier molecular flexibility index (Phi) is 5.31. The van der Waals surface area contributed by atoms with Crippen LogP contribution in [0.5, 0.6) is 5.75 Å². The summed E-state index contributed by atoms with van der Waals surface area (Å²) >= 11 is 0. The molecule has 0 bridgehead atoms. The highest BCUT2D eigenvalue weighted by molar-refractivity contribution is 5.31. The van der Waals surface area contributed by atoms with Crippen molar-refractivity contribution in [2.75, 3.05) is 20.3 Å². The van der Waals surface area contributed by atoms with Gasteiger partial charge in [-0.05, 0) is 37.6 Å². The van der Waals surface area contributed by atoms with Crippen molar-refractivity contribution in [2.24, 2.45) is 5.73 Å². The zero-order chi connectivity index (χ0) is 12.8. The first-order chi connectivity index (χ1) is 8.08. The predicted octanol–water partition coefficient (Wildman–Crippen LogP) is 1.88. The summed E-state index contributed by atoms with van der Waals surface area (Å²) in [6.45, 7) is 2.19. The van der Waals surface area contributed by atoms with Crippen molar-refractivity contribution < 1.29 is 18.3 Å². The molecular weight excluding hydrogens is 228 g/mol. The normalized spacial score (nSPS) is 12.5. The Balaban J connectivity index is 2.78. The highest BCUT2D eigenvalue weighted by Gasteiger charge is 2.13. The molecule has 17 heavy (non-hydrogen) atoms. The van der Waals surface area contributed by atoms with Crippen LogP contribution in [0.1, 0.15) is 12.5 Å². The van der Waals surface area contributed by atoms with E-state index in [2.05, 4.69) is 0 Å². The van der Waals surface area contributed by atoms with E-state index in [1.807, 2.05) is 0 Å². The third-order valence-electron chi connectivity index (χ3n) is 2.36. The minimum Gasteiger partial charge on any atom is -0.485 e. The van der Waals surface area contributed by atoms with Crippen molar-refractivity contribution >= 4 is 0 Å². The van der Waals surface area contributed by atoms with Crippen molar-refractivity contribution in [3.05, 3.63) is 29.3 Å². The Morgan fingerprint density at radius 3 is 2.35 bits per heavy atom. The fourth-order valence-electron chi connectivity index (χ4n) is 1.33. The Hall–Kier alpha value is -1.20. The summed E-state index contributed by atoms with van der Waals surface area (Å²) in [6.07, 6.45) is 0.209. The van der Waals surface area contributed by atoms with Gasteiger partial charge >= 0.3 is 0 Å². The lowest BCUT2D eigenvalue weighted by Crippen LogP contribution is -2.17. The maximum Gasteiger partial charge on any atom is 0.190 e. The molecule has 0 aliphatic rings. The van der Waals surface area contributed by atoms with Crippen LogP contribution < -0.4 is 10.5 Å². The van der Waals surface area contributed by atoms with Crippen molar-refractivity contribution in [1.82, 2.24) is 0 Å². The molecule has 96 valence electrons. The molecule has 0 radical (unpaired) electrons. The van der Waals surface area contributed by atoms with Gasteiger partial charge in [0.25, 0.3) is 0 Å². The van der Waals surface area contributed by atoms with Crippen molar-refractivity contribution in [2.45, 2.75) is 19.4 Å². The van der Waals surface area contributed by atoms with Gasteiger partial charge in [0.1, 0.15) is 6.61 Å². The van der Waals surface area contributed by atoms with Crippen LogP contribution in [0.15, 0.2) is 12.1 Å². The third-order valence-corrected chi connectivity index (χ3v) is 2.36. The maximum absolute atomic E-state index is 13.5. The van der Waals surface area contributed by atoms with Crippen LogP contribution in [0, 0.1) is 11.6 Å². The Bertz CT molecular complexity index is 349. The lowest BCUT2D eigenvalue weighted by molar-refractivity contribution is 0.0685. The zero-order valence-electron chi connectivity index (χ0n) is 10.0. The zero-order valence-corrected chi connectivity index (χ0v) is 10.0. The third kappa shape index (κ3) is 3.94. The number of benzene rings is 1. The smallest absolute Gasteiger partial charge is 0.190 e. The van der Waals surface area contributed by atoms with Crippen LogP contribution in [0.2, 0.25) is 0 Å². The summed E-state index contributed by atoms with van der Waals surface area (Å²) in [6, 6.07) is 2.48. The van der Waals surface area contributed by atoms with Crippen LogP contribution in [0.25, 0.3) is 0 Å². The average Bonchev–Trinajstić information content (AvgIpc) is 2.28. The lowest BCUT2D eigenvalue weighted by atomic mass is 10.1. The molecule has 3 nitrogen and oxygen atoms in total. The summed E-state index contributed by atoms with van der Waals surface area (Å²) in [4.78, 5) is 0. The molecular formula is C12H17F2NO2. The molecule has 0 amide bonds. The topological polar surface area (TPSA) is 44.5 Å². The summed E-state index contributed by atoms with van der Waals surface area (Å²) in [5.74, 6) is -1.79. The minimum absolute atomic E-state index is 0.0978. The number of halogens is 2. The van der Waals surface area contributed by atoms with Crippen molar-refractivity contribution in [3.8, 4) is 5.75 Å². The molecule has 1 unspecified atom stereocenters. The Morgan fingerprint density at radius 1 is 1.29 bits per heavy atom. The minimum atomic E-state index is -0.711. The molecule has 1 aromatic rings. The largest absolute Gasteiger partial charge is 0.485 e. The van der Waals surface area contributed by atoms with Crippen LogP contribution in [0.4, 0.5) is 8.78 Å². The number of rotatable bonds is 6. The monoisotopic (exact) mass is 245 g/mol. The van der Waals surface area contributed by atoms with E-state index in [0.29, 0.717) is 18.5 Å². The number of ether oxygens (including phenoxy) is 2. The fourth-order valence-corrected chi connectivity index (χ4v) is 1.33. The van der Waals surface area contributed by atoms with Gasteiger partial charge in [-0.25, -0.2) is 8.78 Å². The van der Waals surface area contributed by atoms with Gasteiger partial charge in [-0.3, -0.25) is 0 Å². The quantitative estimate of drug-likeness (QED) is 0.832. The van der Waals surface area contributed by atoms with Crippen LogP contribution >= 0.6 is 0 Å². The fraction of sp³-hybridized carbons (Fsp3) is 0.500. The van der Waals surface area contributed by atoms with Gasteiger partial charge < -0.3 is 15.2 Å². The number of methoxy groups -OCH3 is 1. The Labute approximate surface area is 99.5 Å². The van der Waals surface area contributed by atoms with E-state index in [0.717, 1.165) is 0 Å². The van der Waals surface area contributed by atoms with E-state index in [1.165, 1.54) is 19.2 Å². The van der Waals surface area contributed by atoms with E-state index in [1.54, 1.807) is 6.92 Å². The highest BCUT2D eigenvalue weighted by Crippen LogP contribution is 2.23. The van der Waals surface area contributed by atoms with Gasteiger partial charge in [-0.1, -0.05) is 0 Å². The van der Waals surface area contributed by atoms with Gasteiger partial charge in [0.2, 0.25) is 0 Å². The van der Waals surface area contributed by atoms with E-state index < -0.39 is 11.6 Å². The molecule has 0 spiro atoms. The highest BCUT2D eigenvalue weighted by atomic mass is 19.1. The molecule has 0 aromatic heterocycles. The maximum atomic E-state index is 13.5. The average molecular weight is 245 g/mol. The first-order valence-corrected chi connectivity index (χ1v) is 5.42. The lowest BCUT2D eigenvalue weighted by Gasteiger charge is -2.13. The van der Waals surface area contributed by atoms with E-state index >= 15 is 0 Å². The molecule has 0 aliphatic heterocycles. The van der Waals surface area contributed by atoms with Gasteiger partial charge in [0.05, 0.1) is 6.10 Å². The molecule has 1 rings (SSSR count). The second-order valence-electron chi connectivity index (χ2n) is 3.78. The van der Waals surface area contributed by atoms with Gasteiger partial charge in [-0.15, -0.1) is 0 Å². The van der Waals surface area contributed by atoms with Crippen molar-refractivity contribution in [3.63, 3.8) is 0 Å².